The first kappa shape index (κ1) is 13.6. The van der Waals surface area contributed by atoms with Gasteiger partial charge in [-0.25, -0.2) is 0 Å². The van der Waals surface area contributed by atoms with Crippen LogP contribution in [-0.2, 0) is 6.42 Å². The van der Waals surface area contributed by atoms with Crippen molar-refractivity contribution in [3.63, 3.8) is 0 Å². The van der Waals surface area contributed by atoms with E-state index >= 15 is 0 Å². The zero-order chi connectivity index (χ0) is 12.8. The first-order valence-corrected chi connectivity index (χ1v) is 6.07. The van der Waals surface area contributed by atoms with E-state index in [9.17, 15) is 4.79 Å². The molecule has 94 valence electrons. The molecule has 3 heteroatoms. The van der Waals surface area contributed by atoms with Gasteiger partial charge in [0.1, 0.15) is 5.75 Å². The number of carbonyl (C=O) groups is 1. The van der Waals surface area contributed by atoms with Gasteiger partial charge in [0.05, 0.1) is 12.7 Å². The molecule has 1 aromatic rings. The maximum absolute atomic E-state index is 11.3. The van der Waals surface area contributed by atoms with E-state index in [0.29, 0.717) is 11.3 Å². The van der Waals surface area contributed by atoms with Gasteiger partial charge in [-0.1, -0.05) is 25.8 Å². The molecule has 0 fully saturated rings. The number of benzene rings is 1. The lowest BCUT2D eigenvalue weighted by molar-refractivity contribution is 0.0997. The molecule has 0 aliphatic heterocycles. The summed E-state index contributed by atoms with van der Waals surface area (Å²) >= 11 is 0. The minimum atomic E-state index is -0.431. The Bertz CT molecular complexity index is 399. The van der Waals surface area contributed by atoms with Crippen molar-refractivity contribution in [3.8, 4) is 5.75 Å². The topological polar surface area (TPSA) is 52.3 Å². The molecule has 2 N–H and O–H groups in total. The van der Waals surface area contributed by atoms with Crippen LogP contribution in [0.2, 0.25) is 0 Å². The van der Waals surface area contributed by atoms with Crippen LogP contribution < -0.4 is 10.5 Å². The molecule has 17 heavy (non-hydrogen) atoms. The second kappa shape index (κ2) is 6.28. The van der Waals surface area contributed by atoms with Crippen LogP contribution in [0.4, 0.5) is 0 Å². The Balaban J connectivity index is 2.96. The number of hydrogen-bond donors (Lipinski definition) is 1. The van der Waals surface area contributed by atoms with E-state index in [1.165, 1.54) is 18.4 Å². The molecular weight excluding hydrogens is 214 g/mol. The second-order valence-electron chi connectivity index (χ2n) is 4.31. The minimum absolute atomic E-state index is 0.431. The van der Waals surface area contributed by atoms with Gasteiger partial charge in [-0.05, 0) is 37.0 Å². The number of primary amides is 1. The van der Waals surface area contributed by atoms with Crippen molar-refractivity contribution in [3.05, 3.63) is 28.8 Å². The molecule has 0 aliphatic carbocycles. The first-order valence-electron chi connectivity index (χ1n) is 6.07. The Morgan fingerprint density at radius 1 is 1.35 bits per heavy atom. The van der Waals surface area contributed by atoms with E-state index in [4.69, 9.17) is 10.5 Å². The van der Waals surface area contributed by atoms with Gasteiger partial charge in [0.2, 0.25) is 0 Å². The third-order valence-corrected chi connectivity index (χ3v) is 2.89. The summed E-state index contributed by atoms with van der Waals surface area (Å²) in [6.45, 7) is 4.08. The standard InChI is InChI=1S/C14H21NO2/c1-4-5-6-7-11-8-10(2)13(14(15)16)12(9-11)17-3/h8-9H,4-7H2,1-3H3,(H2,15,16). The Labute approximate surface area is 103 Å². The molecule has 0 saturated heterocycles. The van der Waals surface area contributed by atoms with Gasteiger partial charge in [-0.15, -0.1) is 0 Å². The third kappa shape index (κ3) is 3.48. The van der Waals surface area contributed by atoms with Crippen molar-refractivity contribution in [1.82, 2.24) is 0 Å². The van der Waals surface area contributed by atoms with Crippen molar-refractivity contribution < 1.29 is 9.53 Å². The monoisotopic (exact) mass is 235 g/mol. The molecule has 0 radical (unpaired) electrons. The van der Waals surface area contributed by atoms with Crippen LogP contribution in [-0.4, -0.2) is 13.0 Å². The van der Waals surface area contributed by atoms with Crippen LogP contribution >= 0.6 is 0 Å². The molecule has 0 aromatic heterocycles. The maximum atomic E-state index is 11.3. The van der Waals surface area contributed by atoms with E-state index in [1.54, 1.807) is 7.11 Å². The van der Waals surface area contributed by atoms with Crippen molar-refractivity contribution >= 4 is 5.91 Å². The maximum Gasteiger partial charge on any atom is 0.252 e. The Hall–Kier alpha value is -1.51. The SMILES string of the molecule is CCCCCc1cc(C)c(C(N)=O)c(OC)c1. The van der Waals surface area contributed by atoms with Crippen molar-refractivity contribution in [1.29, 1.82) is 0 Å². The van der Waals surface area contributed by atoms with Crippen LogP contribution in [0.3, 0.4) is 0 Å². The summed E-state index contributed by atoms with van der Waals surface area (Å²) in [5, 5.41) is 0. The van der Waals surface area contributed by atoms with Gasteiger partial charge in [0.25, 0.3) is 5.91 Å². The second-order valence-corrected chi connectivity index (χ2v) is 4.31. The number of hydrogen-bond acceptors (Lipinski definition) is 2. The summed E-state index contributed by atoms with van der Waals surface area (Å²) in [4.78, 5) is 11.3. The number of amides is 1. The predicted octanol–water partition coefficient (Wildman–Crippen LogP) is 2.84. The van der Waals surface area contributed by atoms with Gasteiger partial charge in [0, 0.05) is 0 Å². The molecule has 0 saturated carbocycles. The van der Waals surface area contributed by atoms with Gasteiger partial charge < -0.3 is 10.5 Å². The van der Waals surface area contributed by atoms with E-state index < -0.39 is 5.91 Å². The molecule has 0 spiro atoms. The number of carbonyl (C=O) groups excluding carboxylic acids is 1. The Kier molecular flexibility index (Phi) is 5.01. The summed E-state index contributed by atoms with van der Waals surface area (Å²) in [5.74, 6) is 0.156. The molecule has 3 nitrogen and oxygen atoms in total. The molecule has 0 atom stereocenters. The number of ether oxygens (including phenoxy) is 1. The number of unbranched alkanes of at least 4 members (excludes halogenated alkanes) is 2. The lowest BCUT2D eigenvalue weighted by Crippen LogP contribution is -2.14. The Morgan fingerprint density at radius 3 is 2.59 bits per heavy atom. The Morgan fingerprint density at radius 2 is 2.06 bits per heavy atom. The number of methoxy groups -OCH3 is 1. The van der Waals surface area contributed by atoms with Crippen LogP contribution in [0, 0.1) is 6.92 Å². The summed E-state index contributed by atoms with van der Waals surface area (Å²) in [6.07, 6.45) is 4.60. The average molecular weight is 235 g/mol. The van der Waals surface area contributed by atoms with Crippen molar-refractivity contribution in [2.75, 3.05) is 7.11 Å². The minimum Gasteiger partial charge on any atom is -0.496 e. The third-order valence-electron chi connectivity index (χ3n) is 2.89. The number of aryl methyl sites for hydroxylation is 2. The summed E-state index contributed by atoms with van der Waals surface area (Å²) in [6, 6.07) is 3.95. The highest BCUT2D eigenvalue weighted by Crippen LogP contribution is 2.24. The summed E-state index contributed by atoms with van der Waals surface area (Å²) in [7, 11) is 1.57. The van der Waals surface area contributed by atoms with E-state index in [2.05, 4.69) is 6.92 Å². The normalized spacial score (nSPS) is 10.3. The largest absolute Gasteiger partial charge is 0.496 e. The van der Waals surface area contributed by atoms with E-state index in [1.807, 2.05) is 19.1 Å². The highest BCUT2D eigenvalue weighted by atomic mass is 16.5. The average Bonchev–Trinajstić information content (AvgIpc) is 2.27. The van der Waals surface area contributed by atoms with Crippen LogP contribution in [0.5, 0.6) is 5.75 Å². The molecule has 0 heterocycles. The first-order chi connectivity index (χ1) is 8.10. The molecule has 0 bridgehead atoms. The van der Waals surface area contributed by atoms with Crippen molar-refractivity contribution in [2.24, 2.45) is 5.73 Å². The predicted molar refractivity (Wildman–Crippen MR) is 69.5 cm³/mol. The van der Waals surface area contributed by atoms with E-state index in [-0.39, 0.29) is 0 Å². The van der Waals surface area contributed by atoms with Crippen LogP contribution in [0.1, 0.15) is 47.7 Å². The molecule has 0 aliphatic rings. The highest BCUT2D eigenvalue weighted by Gasteiger charge is 2.13. The smallest absolute Gasteiger partial charge is 0.252 e. The van der Waals surface area contributed by atoms with Gasteiger partial charge in [0.15, 0.2) is 0 Å². The summed E-state index contributed by atoms with van der Waals surface area (Å²) < 4.78 is 5.23. The van der Waals surface area contributed by atoms with Crippen LogP contribution in [0.25, 0.3) is 0 Å². The molecule has 1 rings (SSSR count). The zero-order valence-electron chi connectivity index (χ0n) is 10.9. The van der Waals surface area contributed by atoms with E-state index in [0.717, 1.165) is 18.4 Å². The number of rotatable bonds is 6. The highest BCUT2D eigenvalue weighted by molar-refractivity contribution is 5.97. The van der Waals surface area contributed by atoms with Crippen molar-refractivity contribution in [2.45, 2.75) is 39.5 Å². The van der Waals surface area contributed by atoms with Gasteiger partial charge in [-0.2, -0.15) is 0 Å². The summed E-state index contributed by atoms with van der Waals surface area (Å²) in [5.41, 5.74) is 7.93. The molecule has 0 unspecified atom stereocenters. The zero-order valence-corrected chi connectivity index (χ0v) is 10.9. The fourth-order valence-corrected chi connectivity index (χ4v) is 2.03. The quantitative estimate of drug-likeness (QED) is 0.771. The van der Waals surface area contributed by atoms with Crippen LogP contribution in [0.15, 0.2) is 12.1 Å². The van der Waals surface area contributed by atoms with Gasteiger partial charge in [-0.3, -0.25) is 4.79 Å². The molecule has 1 aromatic carbocycles. The fraction of sp³-hybridized carbons (Fsp3) is 0.500. The van der Waals surface area contributed by atoms with Gasteiger partial charge >= 0.3 is 0 Å². The lowest BCUT2D eigenvalue weighted by Gasteiger charge is -2.11. The molecule has 1 amide bonds. The number of nitrogens with two attached hydrogens (primary N) is 1. The lowest BCUT2D eigenvalue weighted by atomic mass is 9.99. The molecular formula is C14H21NO2. The fourth-order valence-electron chi connectivity index (χ4n) is 2.03.